The Balaban J connectivity index is 0.00000118. The number of ether oxygens (including phenoxy) is 1. The second kappa shape index (κ2) is 12.0. The van der Waals surface area contributed by atoms with Crippen molar-refractivity contribution in [2.45, 2.75) is 20.3 Å². The number of nitrogens with two attached hydrogens (primary N) is 2. The van der Waals surface area contributed by atoms with E-state index in [1.165, 1.54) is 5.01 Å². The van der Waals surface area contributed by atoms with Gasteiger partial charge in [0.1, 0.15) is 0 Å². The molecule has 0 aliphatic heterocycles. The van der Waals surface area contributed by atoms with Crippen molar-refractivity contribution in [3.05, 3.63) is 34.8 Å². The monoisotopic (exact) mass is 337 g/mol. The minimum Gasteiger partial charge on any atom is -0.395 e. The number of nitrogens with zero attached hydrogens (tertiary/aromatic N) is 2. The number of carbonyl (C=O) groups is 2. The van der Waals surface area contributed by atoms with Crippen LogP contribution in [0.5, 0.6) is 0 Å². The zero-order valence-corrected chi connectivity index (χ0v) is 14.7. The fourth-order valence-electron chi connectivity index (χ4n) is 1.68. The molecule has 0 bridgehead atoms. The van der Waals surface area contributed by atoms with Crippen LogP contribution < -0.4 is 16.9 Å². The lowest BCUT2D eigenvalue weighted by Crippen LogP contribution is -2.30. The second-order valence-electron chi connectivity index (χ2n) is 4.92. The molecule has 0 saturated heterocycles. The zero-order chi connectivity index (χ0) is 18.5. The topological polar surface area (TPSA) is 124 Å². The molecule has 0 radical (unpaired) electrons. The third-order valence-corrected chi connectivity index (χ3v) is 2.97. The fraction of sp³-hybridized carbons (Fsp3) is 0.438. The molecule has 8 heteroatoms. The van der Waals surface area contributed by atoms with E-state index in [0.717, 1.165) is 12.7 Å². The van der Waals surface area contributed by atoms with Crippen molar-refractivity contribution in [3.8, 4) is 0 Å². The lowest BCUT2D eigenvalue weighted by atomic mass is 10.1. The van der Waals surface area contributed by atoms with Crippen LogP contribution in [0.1, 0.15) is 35.1 Å². The standard InChI is InChI=1S/C14H22N4O2.C2H5NO/c1-4-7-20-9-13(18(3)16)14(15)12-6-5-11(8-19)10(2)17-12;1-3-2-4/h5-6,8H,4,7,9,15-16H2,1-3H3;2H,1H3,(H,3,4)/b14-13-;. The van der Waals surface area contributed by atoms with Crippen molar-refractivity contribution < 1.29 is 14.3 Å². The van der Waals surface area contributed by atoms with E-state index in [-0.39, 0.29) is 0 Å². The average Bonchev–Trinajstić information content (AvgIpc) is 2.58. The first-order valence-electron chi connectivity index (χ1n) is 7.51. The second-order valence-corrected chi connectivity index (χ2v) is 4.92. The van der Waals surface area contributed by atoms with Gasteiger partial charge in [-0.1, -0.05) is 6.92 Å². The predicted octanol–water partition coefficient (Wildman–Crippen LogP) is 0.424. The van der Waals surface area contributed by atoms with E-state index in [9.17, 15) is 4.79 Å². The van der Waals surface area contributed by atoms with Crippen LogP contribution >= 0.6 is 0 Å². The summed E-state index contributed by atoms with van der Waals surface area (Å²) in [4.78, 5) is 24.2. The third-order valence-electron chi connectivity index (χ3n) is 2.97. The molecule has 1 rings (SSSR count). The Kier molecular flexibility index (Phi) is 10.8. The molecule has 0 unspecified atom stereocenters. The van der Waals surface area contributed by atoms with E-state index >= 15 is 0 Å². The van der Waals surface area contributed by atoms with Crippen LogP contribution in [0.2, 0.25) is 0 Å². The summed E-state index contributed by atoms with van der Waals surface area (Å²) in [6, 6.07) is 3.40. The highest BCUT2D eigenvalue weighted by atomic mass is 16.5. The number of aldehydes is 1. The Morgan fingerprint density at radius 1 is 1.42 bits per heavy atom. The maximum atomic E-state index is 10.8. The largest absolute Gasteiger partial charge is 0.395 e. The van der Waals surface area contributed by atoms with Gasteiger partial charge in [-0.25, -0.2) is 5.84 Å². The predicted molar refractivity (Wildman–Crippen MR) is 93.7 cm³/mol. The highest BCUT2D eigenvalue weighted by Gasteiger charge is 2.11. The maximum absolute atomic E-state index is 10.8. The molecule has 5 N–H and O–H groups in total. The normalized spacial score (nSPS) is 10.9. The van der Waals surface area contributed by atoms with Gasteiger partial charge >= 0.3 is 0 Å². The summed E-state index contributed by atoms with van der Waals surface area (Å²) in [5.74, 6) is 5.78. The van der Waals surface area contributed by atoms with Gasteiger partial charge in [0, 0.05) is 32.0 Å². The van der Waals surface area contributed by atoms with Crippen LogP contribution in [0.25, 0.3) is 5.70 Å². The van der Waals surface area contributed by atoms with Crippen molar-refractivity contribution in [1.82, 2.24) is 15.3 Å². The highest BCUT2D eigenvalue weighted by Crippen LogP contribution is 2.15. The van der Waals surface area contributed by atoms with Gasteiger partial charge in [-0.05, 0) is 25.5 Å². The van der Waals surface area contributed by atoms with E-state index in [1.807, 2.05) is 6.92 Å². The number of nitrogens with one attached hydrogen (secondary N) is 1. The molecular formula is C16H27N5O3. The van der Waals surface area contributed by atoms with Gasteiger partial charge < -0.3 is 20.8 Å². The van der Waals surface area contributed by atoms with Crippen LogP contribution in [-0.4, -0.2) is 50.0 Å². The van der Waals surface area contributed by atoms with Crippen LogP contribution in [-0.2, 0) is 9.53 Å². The zero-order valence-electron chi connectivity index (χ0n) is 14.7. The lowest BCUT2D eigenvalue weighted by Gasteiger charge is -2.19. The molecule has 1 aromatic rings. The number of rotatable bonds is 8. The summed E-state index contributed by atoms with van der Waals surface area (Å²) in [5.41, 5.74) is 8.98. The first kappa shape index (κ1) is 21.6. The SMILES string of the molecule is CCCOC/C(=C(/N)c1ccc(C=O)c(C)n1)N(C)N.CNC=O. The Hall–Kier alpha value is -2.45. The van der Waals surface area contributed by atoms with E-state index in [0.29, 0.717) is 48.0 Å². The number of likely N-dealkylation sites (N-methyl/N-ethyl adjacent to an activating group) is 1. The Labute approximate surface area is 142 Å². The van der Waals surface area contributed by atoms with Gasteiger partial charge in [-0.2, -0.15) is 0 Å². The lowest BCUT2D eigenvalue weighted by molar-refractivity contribution is -0.109. The first-order chi connectivity index (χ1) is 11.4. The van der Waals surface area contributed by atoms with Gasteiger partial charge in [0.15, 0.2) is 6.29 Å². The molecule has 0 aliphatic carbocycles. The molecule has 1 aromatic heterocycles. The van der Waals surface area contributed by atoms with Gasteiger partial charge in [-0.3, -0.25) is 14.6 Å². The Bertz CT molecular complexity index is 559. The fourth-order valence-corrected chi connectivity index (χ4v) is 1.68. The number of aryl methyl sites for hydroxylation is 1. The van der Waals surface area contributed by atoms with Crippen LogP contribution in [0, 0.1) is 6.92 Å². The average molecular weight is 337 g/mol. The van der Waals surface area contributed by atoms with Crippen LogP contribution in [0.4, 0.5) is 0 Å². The molecule has 0 aliphatic rings. The summed E-state index contributed by atoms with van der Waals surface area (Å²) in [7, 11) is 3.26. The quantitative estimate of drug-likeness (QED) is 0.272. The van der Waals surface area contributed by atoms with Crippen LogP contribution in [0.3, 0.4) is 0 Å². The van der Waals surface area contributed by atoms with E-state index in [2.05, 4.69) is 10.3 Å². The number of carbonyl (C=O) groups excluding carboxylic acids is 2. The van der Waals surface area contributed by atoms with E-state index in [1.54, 1.807) is 33.2 Å². The van der Waals surface area contributed by atoms with Crippen molar-refractivity contribution in [2.75, 3.05) is 27.3 Å². The highest BCUT2D eigenvalue weighted by molar-refractivity contribution is 5.77. The molecule has 1 amide bonds. The van der Waals surface area contributed by atoms with E-state index < -0.39 is 0 Å². The summed E-state index contributed by atoms with van der Waals surface area (Å²) < 4.78 is 5.48. The number of pyridine rings is 1. The minimum absolute atomic E-state index is 0.322. The molecule has 1 heterocycles. The van der Waals surface area contributed by atoms with Crippen LogP contribution in [0.15, 0.2) is 17.8 Å². The van der Waals surface area contributed by atoms with E-state index in [4.69, 9.17) is 21.1 Å². The molecule has 24 heavy (non-hydrogen) atoms. The Morgan fingerprint density at radius 3 is 2.46 bits per heavy atom. The number of hydrazine groups is 1. The molecule has 8 nitrogen and oxygen atoms in total. The molecular weight excluding hydrogens is 310 g/mol. The summed E-state index contributed by atoms with van der Waals surface area (Å²) >= 11 is 0. The molecule has 134 valence electrons. The van der Waals surface area contributed by atoms with Gasteiger partial charge in [-0.15, -0.1) is 0 Å². The first-order valence-corrected chi connectivity index (χ1v) is 7.51. The van der Waals surface area contributed by atoms with Crippen molar-refractivity contribution >= 4 is 18.4 Å². The number of aromatic nitrogens is 1. The summed E-state index contributed by atoms with van der Waals surface area (Å²) in [6.45, 7) is 4.76. The molecule has 0 aromatic carbocycles. The minimum atomic E-state index is 0.322. The van der Waals surface area contributed by atoms with Gasteiger partial charge in [0.05, 0.1) is 23.7 Å². The molecule has 0 spiro atoms. The molecule has 0 atom stereocenters. The van der Waals surface area contributed by atoms with Crippen molar-refractivity contribution in [3.63, 3.8) is 0 Å². The van der Waals surface area contributed by atoms with Gasteiger partial charge in [0.2, 0.25) is 6.41 Å². The molecule has 0 saturated carbocycles. The van der Waals surface area contributed by atoms with Crippen molar-refractivity contribution in [1.29, 1.82) is 0 Å². The third kappa shape index (κ3) is 7.21. The number of amides is 1. The number of hydrogen-bond donors (Lipinski definition) is 3. The number of hydrogen-bond acceptors (Lipinski definition) is 7. The smallest absolute Gasteiger partial charge is 0.206 e. The van der Waals surface area contributed by atoms with Crippen molar-refractivity contribution in [2.24, 2.45) is 11.6 Å². The summed E-state index contributed by atoms with van der Waals surface area (Å²) in [6.07, 6.45) is 2.32. The summed E-state index contributed by atoms with van der Waals surface area (Å²) in [5, 5.41) is 3.68. The van der Waals surface area contributed by atoms with Gasteiger partial charge in [0.25, 0.3) is 0 Å². The maximum Gasteiger partial charge on any atom is 0.206 e. The Morgan fingerprint density at radius 2 is 2.04 bits per heavy atom. The molecule has 0 fully saturated rings.